The molecule has 1 unspecified atom stereocenters. The number of fused-ring (bicyclic) bond motifs is 1. The van der Waals surface area contributed by atoms with Crippen LogP contribution in [0.25, 0.3) is 11.1 Å². The van der Waals surface area contributed by atoms with Gasteiger partial charge in [0.05, 0.1) is 5.70 Å². The molecule has 0 N–H and O–H groups in total. The number of hydrogen-bond donors (Lipinski definition) is 0. The van der Waals surface area contributed by atoms with Gasteiger partial charge in [-0.25, -0.2) is 0 Å². The van der Waals surface area contributed by atoms with E-state index in [1.165, 1.54) is 74.3 Å². The Morgan fingerprint density at radius 1 is 0.842 bits per heavy atom. The van der Waals surface area contributed by atoms with Crippen LogP contribution in [0.4, 0.5) is 11.4 Å². The number of aliphatic imine (C=N–C) groups is 1. The fraction of sp³-hybridized carbons (Fsp3) is 0.352. The van der Waals surface area contributed by atoms with Crippen molar-refractivity contribution in [1.82, 2.24) is 0 Å². The highest BCUT2D eigenvalue weighted by molar-refractivity contribution is 5.88. The van der Waals surface area contributed by atoms with E-state index in [1.54, 1.807) is 0 Å². The van der Waals surface area contributed by atoms with Crippen LogP contribution in [-0.4, -0.2) is 12.4 Å². The van der Waals surface area contributed by atoms with Gasteiger partial charge in [0.2, 0.25) is 0 Å². The molecule has 0 saturated carbocycles. The number of aryl methyl sites for hydroxylation is 2. The Morgan fingerprint density at radius 2 is 1.46 bits per heavy atom. The first-order valence-electron chi connectivity index (χ1n) is 21.2. The summed E-state index contributed by atoms with van der Waals surface area (Å²) in [6.07, 6.45) is 26.6. The zero-order chi connectivity index (χ0) is 42.5. The smallest absolute Gasteiger partial charge is 0.107 e. The predicted octanol–water partition coefficient (Wildman–Crippen LogP) is 16.1. The molecular formula is C54H73N3. The molecule has 1 aliphatic heterocycles. The van der Waals surface area contributed by atoms with Gasteiger partial charge in [0.1, 0.15) is 6.17 Å². The second kappa shape index (κ2) is 25.2. The lowest BCUT2D eigenvalue weighted by Gasteiger charge is -2.34. The lowest BCUT2D eigenvalue weighted by atomic mass is 9.97. The fourth-order valence-corrected chi connectivity index (χ4v) is 6.81. The van der Waals surface area contributed by atoms with Crippen LogP contribution in [0.15, 0.2) is 150 Å². The van der Waals surface area contributed by atoms with Crippen molar-refractivity contribution in [2.75, 3.05) is 9.80 Å². The zero-order valence-electron chi connectivity index (χ0n) is 37.9. The van der Waals surface area contributed by atoms with E-state index < -0.39 is 0 Å². The molecule has 0 bridgehead atoms. The molecule has 0 saturated heterocycles. The van der Waals surface area contributed by atoms with Gasteiger partial charge in [0.25, 0.3) is 0 Å². The maximum absolute atomic E-state index is 4.65. The van der Waals surface area contributed by atoms with Gasteiger partial charge in [-0.3, -0.25) is 4.99 Å². The highest BCUT2D eigenvalue weighted by Gasteiger charge is 2.32. The van der Waals surface area contributed by atoms with Crippen molar-refractivity contribution in [3.63, 3.8) is 0 Å². The molecule has 1 heterocycles. The number of hydrogen-bond acceptors (Lipinski definition) is 3. The van der Waals surface area contributed by atoms with Crippen LogP contribution in [-0.2, 0) is 6.42 Å². The van der Waals surface area contributed by atoms with Crippen LogP contribution in [0.1, 0.15) is 135 Å². The van der Waals surface area contributed by atoms with Gasteiger partial charge >= 0.3 is 0 Å². The van der Waals surface area contributed by atoms with E-state index in [2.05, 4.69) is 207 Å². The Hall–Kier alpha value is -5.15. The summed E-state index contributed by atoms with van der Waals surface area (Å²) in [7, 11) is 0. The largest absolute Gasteiger partial charge is 0.325 e. The van der Waals surface area contributed by atoms with Gasteiger partial charge in [-0.15, -0.1) is 0 Å². The van der Waals surface area contributed by atoms with E-state index in [9.17, 15) is 0 Å². The summed E-state index contributed by atoms with van der Waals surface area (Å²) in [4.78, 5) is 9.49. The molecule has 3 aromatic carbocycles. The first-order valence-corrected chi connectivity index (χ1v) is 21.2. The summed E-state index contributed by atoms with van der Waals surface area (Å²) >= 11 is 0. The lowest BCUT2D eigenvalue weighted by Crippen LogP contribution is -2.37. The Labute approximate surface area is 349 Å². The fourth-order valence-electron chi connectivity index (χ4n) is 6.81. The van der Waals surface area contributed by atoms with Crippen LogP contribution in [0.2, 0.25) is 0 Å². The van der Waals surface area contributed by atoms with Crippen LogP contribution >= 0.6 is 0 Å². The molecule has 0 spiro atoms. The third-order valence-corrected chi connectivity index (χ3v) is 10.0. The molecule has 0 fully saturated rings. The maximum atomic E-state index is 4.65. The quantitative estimate of drug-likeness (QED) is 0.176. The van der Waals surface area contributed by atoms with Crippen LogP contribution in [0.5, 0.6) is 0 Å². The molecule has 3 heteroatoms. The van der Waals surface area contributed by atoms with E-state index in [4.69, 9.17) is 0 Å². The number of para-hydroxylation sites is 1. The summed E-state index contributed by atoms with van der Waals surface area (Å²) in [6.45, 7) is 34.0. The molecule has 3 aromatic rings. The summed E-state index contributed by atoms with van der Waals surface area (Å²) < 4.78 is 0. The zero-order valence-corrected chi connectivity index (χ0v) is 37.9. The standard InChI is InChI=1S/C28H33N3.C15H14.C6H12.C3H8.C2H6/c1-8-22-24-14-13-20(6)28(25(24)17-26(22)29-9-2)31-16-15-30(21(31)7)27-19(5)11-10-12-23(27)18(3)4;1-2-13-8-6-7-11-15(12-13)14-9-4-3-5-10-14;1-4-6(3)5-2;1-3-2;1-2/h8-16,18,21H,1,17H2,2-7H3;2-12H,1H3;4H,5H2,1-3H3;3H2,1-2H3;1-2H3/b;13-2+;;;. The number of allylic oxidation sites excluding steroid dienone is 13. The van der Waals surface area contributed by atoms with Crippen LogP contribution in [0.3, 0.4) is 0 Å². The maximum Gasteiger partial charge on any atom is 0.107 e. The summed E-state index contributed by atoms with van der Waals surface area (Å²) in [6, 6.07) is 21.5. The first kappa shape index (κ1) is 48.0. The number of nitrogens with zero attached hydrogens (tertiary/aromatic N) is 3. The molecule has 0 amide bonds. The molecule has 3 nitrogen and oxygen atoms in total. The second-order valence-electron chi connectivity index (χ2n) is 14.5. The van der Waals surface area contributed by atoms with Crippen LogP contribution < -0.4 is 9.80 Å². The minimum absolute atomic E-state index is 0.190. The molecule has 2 aliphatic carbocycles. The van der Waals surface area contributed by atoms with Crippen molar-refractivity contribution in [3.8, 4) is 0 Å². The Balaban J connectivity index is 0.000000356. The van der Waals surface area contributed by atoms with Crippen LogP contribution in [0, 0.1) is 13.8 Å². The summed E-state index contributed by atoms with van der Waals surface area (Å²) in [5, 5.41) is 0. The monoisotopic (exact) mass is 764 g/mol. The second-order valence-corrected chi connectivity index (χ2v) is 14.5. The van der Waals surface area contributed by atoms with Gasteiger partial charge in [0.15, 0.2) is 0 Å². The molecule has 0 aromatic heterocycles. The minimum Gasteiger partial charge on any atom is -0.325 e. The van der Waals surface area contributed by atoms with Gasteiger partial charge < -0.3 is 9.80 Å². The van der Waals surface area contributed by atoms with E-state index in [1.807, 2.05) is 39.1 Å². The Morgan fingerprint density at radius 3 is 2.00 bits per heavy atom. The van der Waals surface area contributed by atoms with Gasteiger partial charge in [0, 0.05) is 42.0 Å². The Kier molecular flexibility index (Phi) is 21.2. The minimum atomic E-state index is 0.190. The van der Waals surface area contributed by atoms with Gasteiger partial charge in [-0.1, -0.05) is 170 Å². The predicted molar refractivity (Wildman–Crippen MR) is 258 cm³/mol. The SMILES string of the molecule is C/C=C1\C=CC=CC(c2ccccc2)=C1.C=CC1=C(N=CC)Cc2c1ccc(C)c2N1C=CN(c2c(C)cccc2C(C)C)C1C.CC.CC=C(C)CC.CCC. The third kappa shape index (κ3) is 12.9. The topological polar surface area (TPSA) is 18.8 Å². The van der Waals surface area contributed by atoms with Crippen molar-refractivity contribution < 1.29 is 0 Å². The van der Waals surface area contributed by atoms with E-state index in [-0.39, 0.29) is 6.17 Å². The van der Waals surface area contributed by atoms with Crippen molar-refractivity contribution in [1.29, 1.82) is 0 Å². The molecule has 0 radical (unpaired) electrons. The van der Waals surface area contributed by atoms with Crippen molar-refractivity contribution in [3.05, 3.63) is 178 Å². The molecule has 3 aliphatic rings. The molecule has 304 valence electrons. The van der Waals surface area contributed by atoms with E-state index in [0.29, 0.717) is 5.92 Å². The highest BCUT2D eigenvalue weighted by atomic mass is 15.4. The van der Waals surface area contributed by atoms with Gasteiger partial charge in [-0.2, -0.15) is 0 Å². The van der Waals surface area contributed by atoms with Crippen molar-refractivity contribution in [2.24, 2.45) is 4.99 Å². The molecular weight excluding hydrogens is 691 g/mol. The highest BCUT2D eigenvalue weighted by Crippen LogP contribution is 2.44. The van der Waals surface area contributed by atoms with E-state index >= 15 is 0 Å². The average Bonchev–Trinajstić information content (AvgIpc) is 3.67. The molecule has 1 atom stereocenters. The first-order chi connectivity index (χ1) is 27.5. The Bertz CT molecular complexity index is 1970. The summed E-state index contributed by atoms with van der Waals surface area (Å²) in [5.41, 5.74) is 16.7. The summed E-state index contributed by atoms with van der Waals surface area (Å²) in [5.74, 6) is 0.473. The average molecular weight is 764 g/mol. The van der Waals surface area contributed by atoms with Crippen molar-refractivity contribution in [2.45, 2.75) is 128 Å². The molecule has 57 heavy (non-hydrogen) atoms. The third-order valence-electron chi connectivity index (χ3n) is 10.0. The number of rotatable bonds is 7. The molecule has 6 rings (SSSR count). The normalized spacial score (nSPS) is 16.2. The van der Waals surface area contributed by atoms with E-state index in [0.717, 1.165) is 17.7 Å². The van der Waals surface area contributed by atoms with Gasteiger partial charge in [-0.05, 0) is 111 Å². The van der Waals surface area contributed by atoms with Crippen molar-refractivity contribution >= 4 is 28.7 Å². The number of anilines is 2. The lowest BCUT2D eigenvalue weighted by molar-refractivity contribution is 0.734. The number of benzene rings is 3.